The van der Waals surface area contributed by atoms with Crippen LogP contribution in [0.4, 0.5) is 17.1 Å². The van der Waals surface area contributed by atoms with Crippen molar-refractivity contribution >= 4 is 51.9 Å². The van der Waals surface area contributed by atoms with Crippen LogP contribution in [0.3, 0.4) is 0 Å². The van der Waals surface area contributed by atoms with Crippen LogP contribution in [0.25, 0.3) is 0 Å². The number of amides is 2. The summed E-state index contributed by atoms with van der Waals surface area (Å²) in [5, 5.41) is 4.67. The Kier molecular flexibility index (Phi) is 6.42. The van der Waals surface area contributed by atoms with Gasteiger partial charge in [-0.05, 0) is 42.6 Å². The predicted molar refractivity (Wildman–Crippen MR) is 125 cm³/mol. The highest BCUT2D eigenvalue weighted by Gasteiger charge is 2.27. The molecule has 8 heteroatoms. The summed E-state index contributed by atoms with van der Waals surface area (Å²) in [7, 11) is 0. The maximum Gasteiger partial charge on any atom is 0.340 e. The maximum absolute atomic E-state index is 13.1. The third-order valence-electron chi connectivity index (χ3n) is 4.85. The van der Waals surface area contributed by atoms with Crippen LogP contribution in [0, 0.1) is 0 Å². The quantitative estimate of drug-likeness (QED) is 0.567. The van der Waals surface area contributed by atoms with Crippen LogP contribution in [0.15, 0.2) is 71.0 Å². The van der Waals surface area contributed by atoms with E-state index in [0.717, 1.165) is 4.88 Å². The van der Waals surface area contributed by atoms with E-state index in [1.54, 1.807) is 43.3 Å². The first-order valence-corrected chi connectivity index (χ1v) is 11.0. The number of nitrogens with one attached hydrogen (secondary N) is 1. The highest BCUT2D eigenvalue weighted by Crippen LogP contribution is 2.33. The molecule has 162 valence electrons. The second-order valence-electron chi connectivity index (χ2n) is 7.00. The summed E-state index contributed by atoms with van der Waals surface area (Å²) in [5.41, 5.74) is 2.46. The lowest BCUT2D eigenvalue weighted by Gasteiger charge is -2.22. The number of anilines is 2. The van der Waals surface area contributed by atoms with E-state index in [2.05, 4.69) is 5.32 Å². The van der Waals surface area contributed by atoms with Crippen LogP contribution >= 0.6 is 11.3 Å². The van der Waals surface area contributed by atoms with Crippen molar-refractivity contribution in [1.29, 1.82) is 0 Å². The van der Waals surface area contributed by atoms with Crippen LogP contribution in [0.1, 0.15) is 28.6 Å². The summed E-state index contributed by atoms with van der Waals surface area (Å²) >= 11 is 1.52. The van der Waals surface area contributed by atoms with Gasteiger partial charge in [0, 0.05) is 4.88 Å². The highest BCUT2D eigenvalue weighted by atomic mass is 32.1. The van der Waals surface area contributed by atoms with Crippen LogP contribution in [-0.2, 0) is 14.3 Å². The van der Waals surface area contributed by atoms with Gasteiger partial charge < -0.3 is 15.0 Å². The zero-order valence-corrected chi connectivity index (χ0v) is 18.2. The molecule has 3 aromatic rings. The van der Waals surface area contributed by atoms with Crippen molar-refractivity contribution in [2.75, 3.05) is 23.4 Å². The molecule has 7 nitrogen and oxygen atoms in total. The van der Waals surface area contributed by atoms with Crippen LogP contribution in [-0.4, -0.2) is 36.6 Å². The number of rotatable bonds is 6. The number of para-hydroxylation sites is 3. The third kappa shape index (κ3) is 4.60. The first-order chi connectivity index (χ1) is 15.6. The molecule has 4 rings (SSSR count). The third-order valence-corrected chi connectivity index (χ3v) is 5.77. The molecule has 1 aromatic heterocycles. The largest absolute Gasteiger partial charge is 0.462 e. The predicted octanol–water partition coefficient (Wildman–Crippen LogP) is 4.42. The standard InChI is InChI=1S/C24H21N3O4S/c1-2-31-24(30)16-8-3-4-9-17(16)26-22(28)15-27-20-11-6-5-10-18(20)25-19(14-23(27)29)21-12-7-13-32-21/h3-13H,2,14-15H2,1H3,(H,26,28). The number of carbonyl (C=O) groups excluding carboxylic acids is 3. The molecule has 2 heterocycles. The molecule has 1 N–H and O–H groups in total. The molecule has 0 atom stereocenters. The van der Waals surface area contributed by atoms with Gasteiger partial charge in [-0.3, -0.25) is 9.59 Å². The van der Waals surface area contributed by atoms with Gasteiger partial charge in [0.05, 0.1) is 41.4 Å². The fourth-order valence-electron chi connectivity index (χ4n) is 3.42. The number of hydrogen-bond donors (Lipinski definition) is 1. The first kappa shape index (κ1) is 21.5. The minimum atomic E-state index is -0.520. The Morgan fingerprint density at radius 1 is 1.09 bits per heavy atom. The molecule has 0 fully saturated rings. The lowest BCUT2D eigenvalue weighted by molar-refractivity contribution is -0.120. The Morgan fingerprint density at radius 3 is 2.66 bits per heavy atom. The van der Waals surface area contributed by atoms with Crippen molar-refractivity contribution in [1.82, 2.24) is 0 Å². The lowest BCUT2D eigenvalue weighted by Crippen LogP contribution is -2.38. The van der Waals surface area contributed by atoms with Gasteiger partial charge in [0.15, 0.2) is 0 Å². The molecule has 0 saturated heterocycles. The molecule has 32 heavy (non-hydrogen) atoms. The van der Waals surface area contributed by atoms with E-state index < -0.39 is 11.9 Å². The summed E-state index contributed by atoms with van der Waals surface area (Å²) in [6.45, 7) is 1.74. The molecule has 2 aromatic carbocycles. The lowest BCUT2D eigenvalue weighted by atomic mass is 10.1. The first-order valence-electron chi connectivity index (χ1n) is 10.1. The van der Waals surface area contributed by atoms with Gasteiger partial charge in [-0.2, -0.15) is 0 Å². The van der Waals surface area contributed by atoms with Gasteiger partial charge in [0.1, 0.15) is 6.54 Å². The van der Waals surface area contributed by atoms with Gasteiger partial charge in [0.2, 0.25) is 11.8 Å². The molecular formula is C24H21N3O4S. The molecule has 0 unspecified atom stereocenters. The Balaban J connectivity index is 1.57. The summed E-state index contributed by atoms with van der Waals surface area (Å²) < 4.78 is 5.06. The Morgan fingerprint density at radius 2 is 1.88 bits per heavy atom. The minimum absolute atomic E-state index is 0.0852. The van der Waals surface area contributed by atoms with E-state index in [-0.39, 0.29) is 31.0 Å². The molecule has 0 aliphatic carbocycles. The zero-order valence-electron chi connectivity index (χ0n) is 17.4. The Labute approximate surface area is 189 Å². The molecule has 1 aliphatic rings. The topological polar surface area (TPSA) is 88.1 Å². The number of aliphatic imine (C=N–C) groups is 1. The summed E-state index contributed by atoms with van der Waals surface area (Å²) in [5.74, 6) is -1.17. The van der Waals surface area contributed by atoms with E-state index in [4.69, 9.17) is 9.73 Å². The second kappa shape index (κ2) is 9.57. The average molecular weight is 448 g/mol. The van der Waals surface area contributed by atoms with Gasteiger partial charge in [-0.15, -0.1) is 11.3 Å². The van der Waals surface area contributed by atoms with Crippen molar-refractivity contribution in [3.8, 4) is 0 Å². The van der Waals surface area contributed by atoms with Crippen molar-refractivity contribution in [2.45, 2.75) is 13.3 Å². The van der Waals surface area contributed by atoms with Crippen LogP contribution in [0.5, 0.6) is 0 Å². The maximum atomic E-state index is 13.1. The van der Waals surface area contributed by atoms with E-state index in [9.17, 15) is 14.4 Å². The Bertz CT molecular complexity index is 1190. The normalized spacial score (nSPS) is 13.1. The molecule has 0 spiro atoms. The fraction of sp³-hybridized carbons (Fsp3) is 0.167. The van der Waals surface area contributed by atoms with Crippen LogP contribution < -0.4 is 10.2 Å². The van der Waals surface area contributed by atoms with Crippen molar-refractivity contribution in [3.05, 3.63) is 76.5 Å². The summed E-state index contributed by atoms with van der Waals surface area (Å²) in [6, 6.07) is 17.7. The molecule has 2 amide bonds. The van der Waals surface area contributed by atoms with Gasteiger partial charge in [-0.1, -0.05) is 30.3 Å². The SMILES string of the molecule is CCOC(=O)c1ccccc1NC(=O)CN1C(=O)CC(c2cccs2)=Nc2ccccc21. The van der Waals surface area contributed by atoms with E-state index in [0.29, 0.717) is 22.8 Å². The van der Waals surface area contributed by atoms with E-state index in [1.165, 1.54) is 16.2 Å². The van der Waals surface area contributed by atoms with E-state index in [1.807, 2.05) is 29.6 Å². The second-order valence-corrected chi connectivity index (χ2v) is 7.94. The van der Waals surface area contributed by atoms with Crippen molar-refractivity contribution in [2.24, 2.45) is 4.99 Å². The van der Waals surface area contributed by atoms with Gasteiger partial charge in [-0.25, -0.2) is 9.79 Å². The fourth-order valence-corrected chi connectivity index (χ4v) is 4.13. The summed E-state index contributed by atoms with van der Waals surface area (Å²) in [6.07, 6.45) is 0.0852. The average Bonchev–Trinajstić information content (AvgIpc) is 3.29. The van der Waals surface area contributed by atoms with Crippen molar-refractivity contribution < 1.29 is 19.1 Å². The number of ether oxygens (including phenoxy) is 1. The molecule has 1 aliphatic heterocycles. The van der Waals surface area contributed by atoms with Crippen molar-refractivity contribution in [3.63, 3.8) is 0 Å². The number of carbonyl (C=O) groups is 3. The molecule has 0 saturated carbocycles. The summed E-state index contributed by atoms with van der Waals surface area (Å²) in [4.78, 5) is 45.3. The van der Waals surface area contributed by atoms with Crippen LogP contribution in [0.2, 0.25) is 0 Å². The highest BCUT2D eigenvalue weighted by molar-refractivity contribution is 7.12. The number of esters is 1. The molecule has 0 radical (unpaired) electrons. The Hall–Kier alpha value is -3.78. The van der Waals surface area contributed by atoms with E-state index >= 15 is 0 Å². The monoisotopic (exact) mass is 447 g/mol. The van der Waals surface area contributed by atoms with Gasteiger partial charge >= 0.3 is 5.97 Å². The molecular weight excluding hydrogens is 426 g/mol. The number of hydrogen-bond acceptors (Lipinski definition) is 6. The smallest absolute Gasteiger partial charge is 0.340 e. The number of benzene rings is 2. The zero-order chi connectivity index (χ0) is 22.5. The molecule has 0 bridgehead atoms. The number of thiophene rings is 1. The minimum Gasteiger partial charge on any atom is -0.462 e. The van der Waals surface area contributed by atoms with Gasteiger partial charge in [0.25, 0.3) is 0 Å². The number of nitrogens with zero attached hydrogens (tertiary/aromatic N) is 2. The number of fused-ring (bicyclic) bond motifs is 1.